The van der Waals surface area contributed by atoms with Crippen LogP contribution < -0.4 is 10.5 Å². The average Bonchev–Trinajstić information content (AvgIpc) is 2.68. The largest absolute Gasteiger partial charge is 0.399 e. The van der Waals surface area contributed by atoms with Crippen molar-refractivity contribution in [2.75, 3.05) is 10.5 Å². The Bertz CT molecular complexity index is 1070. The van der Waals surface area contributed by atoms with Crippen LogP contribution in [0.15, 0.2) is 89.8 Å². The molecule has 0 fully saturated rings. The van der Waals surface area contributed by atoms with Gasteiger partial charge in [0.1, 0.15) is 0 Å². The lowest BCUT2D eigenvalue weighted by atomic mass is 10.1. The van der Waals surface area contributed by atoms with Gasteiger partial charge in [-0.3, -0.25) is 9.52 Å². The third kappa shape index (κ3) is 4.83. The third-order valence-electron chi connectivity index (χ3n) is 3.82. The first-order valence-electron chi connectivity index (χ1n) is 8.20. The molecule has 27 heavy (non-hydrogen) atoms. The van der Waals surface area contributed by atoms with Crippen molar-refractivity contribution >= 4 is 33.3 Å². The molecule has 0 radical (unpaired) electrons. The van der Waals surface area contributed by atoms with Crippen LogP contribution in [0.25, 0.3) is 6.08 Å². The van der Waals surface area contributed by atoms with E-state index in [2.05, 4.69) is 4.72 Å². The molecule has 0 heterocycles. The van der Waals surface area contributed by atoms with E-state index in [1.807, 2.05) is 0 Å². The number of sulfonamides is 1. The van der Waals surface area contributed by atoms with Crippen LogP contribution in [0, 0.1) is 0 Å². The quantitative estimate of drug-likeness (QED) is 0.386. The van der Waals surface area contributed by atoms with Crippen molar-refractivity contribution in [2.24, 2.45) is 0 Å². The minimum Gasteiger partial charge on any atom is -0.399 e. The smallest absolute Gasteiger partial charge is 0.261 e. The second-order valence-corrected chi connectivity index (χ2v) is 7.55. The van der Waals surface area contributed by atoms with Crippen molar-refractivity contribution < 1.29 is 13.2 Å². The van der Waals surface area contributed by atoms with Gasteiger partial charge in [-0.05, 0) is 48.0 Å². The van der Waals surface area contributed by atoms with Gasteiger partial charge < -0.3 is 5.73 Å². The van der Waals surface area contributed by atoms with Crippen molar-refractivity contribution in [3.05, 3.63) is 96.1 Å². The number of anilines is 2. The van der Waals surface area contributed by atoms with E-state index >= 15 is 0 Å². The maximum atomic E-state index is 12.5. The molecule has 5 nitrogen and oxygen atoms in total. The zero-order chi connectivity index (χ0) is 19.3. The Balaban J connectivity index is 1.80. The first kappa shape index (κ1) is 18.4. The normalized spacial score (nSPS) is 11.4. The van der Waals surface area contributed by atoms with E-state index < -0.39 is 10.0 Å². The molecule has 6 heteroatoms. The van der Waals surface area contributed by atoms with Crippen molar-refractivity contribution in [3.63, 3.8) is 0 Å². The maximum Gasteiger partial charge on any atom is 0.261 e. The van der Waals surface area contributed by atoms with Gasteiger partial charge in [0.05, 0.1) is 4.90 Å². The molecule has 0 bridgehead atoms. The van der Waals surface area contributed by atoms with E-state index in [-0.39, 0.29) is 16.2 Å². The molecule has 136 valence electrons. The molecule has 3 rings (SSSR count). The zero-order valence-corrected chi connectivity index (χ0v) is 15.2. The SMILES string of the molecule is Nc1ccc(/C=C/C(=O)c2cccc(S(=O)(=O)Nc3ccccc3)c2)cc1. The molecule has 0 spiro atoms. The minimum atomic E-state index is -3.78. The Hall–Kier alpha value is -3.38. The molecular formula is C21H18N2O3S. The van der Waals surface area contributed by atoms with Gasteiger partial charge in [-0.1, -0.05) is 48.5 Å². The summed E-state index contributed by atoms with van der Waals surface area (Å²) in [6.45, 7) is 0. The molecule has 0 aliphatic rings. The van der Waals surface area contributed by atoms with Crippen molar-refractivity contribution in [3.8, 4) is 0 Å². The number of benzene rings is 3. The molecule has 0 aromatic heterocycles. The molecule has 3 aromatic rings. The van der Waals surface area contributed by atoms with Crippen LogP contribution in [0.1, 0.15) is 15.9 Å². The second kappa shape index (κ2) is 7.88. The number of carbonyl (C=O) groups is 1. The van der Waals surface area contributed by atoms with Crippen LogP contribution >= 0.6 is 0 Å². The summed E-state index contributed by atoms with van der Waals surface area (Å²) < 4.78 is 27.6. The fourth-order valence-electron chi connectivity index (χ4n) is 2.41. The van der Waals surface area contributed by atoms with Gasteiger partial charge in [-0.25, -0.2) is 8.42 Å². The van der Waals surface area contributed by atoms with Crippen LogP contribution in [0.5, 0.6) is 0 Å². The van der Waals surface area contributed by atoms with Crippen LogP contribution in [-0.2, 0) is 10.0 Å². The van der Waals surface area contributed by atoms with Crippen LogP contribution in [0.2, 0.25) is 0 Å². The number of para-hydroxylation sites is 1. The standard InChI is InChI=1S/C21H18N2O3S/c22-18-12-9-16(10-13-18)11-14-21(24)17-5-4-8-20(15-17)27(25,26)23-19-6-2-1-3-7-19/h1-15,23H,22H2/b14-11+. The molecule has 3 N–H and O–H groups in total. The molecular weight excluding hydrogens is 360 g/mol. The summed E-state index contributed by atoms with van der Waals surface area (Å²) in [6, 6.07) is 21.6. The zero-order valence-electron chi connectivity index (χ0n) is 14.4. The molecule has 0 unspecified atom stereocenters. The third-order valence-corrected chi connectivity index (χ3v) is 5.20. The predicted molar refractivity (Wildman–Crippen MR) is 108 cm³/mol. The van der Waals surface area contributed by atoms with Gasteiger partial charge >= 0.3 is 0 Å². The summed E-state index contributed by atoms with van der Waals surface area (Å²) in [7, 11) is -3.78. The van der Waals surface area contributed by atoms with Gasteiger partial charge in [0, 0.05) is 16.9 Å². The summed E-state index contributed by atoms with van der Waals surface area (Å²) >= 11 is 0. The Kier molecular flexibility index (Phi) is 5.38. The number of hydrogen-bond donors (Lipinski definition) is 2. The molecule has 0 atom stereocenters. The first-order valence-corrected chi connectivity index (χ1v) is 9.68. The molecule has 0 aliphatic carbocycles. The topological polar surface area (TPSA) is 89.3 Å². The van der Waals surface area contributed by atoms with Crippen LogP contribution in [0.4, 0.5) is 11.4 Å². The van der Waals surface area contributed by atoms with Gasteiger partial charge in [-0.2, -0.15) is 0 Å². The van der Waals surface area contributed by atoms with Crippen LogP contribution in [-0.4, -0.2) is 14.2 Å². The summed E-state index contributed by atoms with van der Waals surface area (Å²) in [5.41, 5.74) is 7.84. The Morgan fingerprint density at radius 1 is 0.889 bits per heavy atom. The lowest BCUT2D eigenvalue weighted by Gasteiger charge is -2.08. The lowest BCUT2D eigenvalue weighted by Crippen LogP contribution is -2.13. The maximum absolute atomic E-state index is 12.5. The van der Waals surface area contributed by atoms with Crippen molar-refractivity contribution in [1.82, 2.24) is 0 Å². The minimum absolute atomic E-state index is 0.0260. The summed E-state index contributed by atoms with van der Waals surface area (Å²) in [4.78, 5) is 12.4. The Morgan fingerprint density at radius 3 is 2.30 bits per heavy atom. The first-order chi connectivity index (χ1) is 12.9. The van der Waals surface area contributed by atoms with Crippen molar-refractivity contribution in [1.29, 1.82) is 0 Å². The number of hydrogen-bond acceptors (Lipinski definition) is 4. The number of rotatable bonds is 6. The highest BCUT2D eigenvalue weighted by molar-refractivity contribution is 7.92. The highest BCUT2D eigenvalue weighted by Crippen LogP contribution is 2.18. The van der Waals surface area contributed by atoms with E-state index in [9.17, 15) is 13.2 Å². The number of ketones is 1. The Morgan fingerprint density at radius 2 is 1.59 bits per heavy atom. The van der Waals surface area contributed by atoms with Gasteiger partial charge in [0.15, 0.2) is 5.78 Å². The van der Waals surface area contributed by atoms with Gasteiger partial charge in [-0.15, -0.1) is 0 Å². The monoisotopic (exact) mass is 378 g/mol. The fourth-order valence-corrected chi connectivity index (χ4v) is 3.52. The van der Waals surface area contributed by atoms with Crippen molar-refractivity contribution in [2.45, 2.75) is 4.90 Å². The van der Waals surface area contributed by atoms with E-state index in [4.69, 9.17) is 5.73 Å². The predicted octanol–water partition coefficient (Wildman–Crippen LogP) is 3.97. The highest BCUT2D eigenvalue weighted by Gasteiger charge is 2.15. The summed E-state index contributed by atoms with van der Waals surface area (Å²) in [5, 5.41) is 0. The average molecular weight is 378 g/mol. The Labute approximate surface area is 158 Å². The van der Waals surface area contributed by atoms with Gasteiger partial charge in [0.25, 0.3) is 10.0 Å². The number of nitrogens with one attached hydrogen (secondary N) is 1. The lowest BCUT2D eigenvalue weighted by molar-refractivity contribution is 0.104. The number of nitrogens with two attached hydrogens (primary N) is 1. The highest BCUT2D eigenvalue weighted by atomic mass is 32.2. The molecule has 0 saturated carbocycles. The van der Waals surface area contributed by atoms with E-state index in [0.717, 1.165) is 5.56 Å². The number of nitrogen functional groups attached to an aromatic ring is 1. The second-order valence-electron chi connectivity index (χ2n) is 5.86. The number of allylic oxidation sites excluding steroid dienone is 1. The molecule has 0 amide bonds. The van der Waals surface area contributed by atoms with Crippen LogP contribution in [0.3, 0.4) is 0 Å². The molecule has 0 aliphatic heterocycles. The molecule has 3 aromatic carbocycles. The van der Waals surface area contributed by atoms with E-state index in [0.29, 0.717) is 11.4 Å². The number of carbonyl (C=O) groups excluding carboxylic acids is 1. The summed E-state index contributed by atoms with van der Waals surface area (Å²) in [5.74, 6) is -0.288. The van der Waals surface area contributed by atoms with E-state index in [1.165, 1.54) is 18.2 Å². The fraction of sp³-hybridized carbons (Fsp3) is 0. The van der Waals surface area contributed by atoms with E-state index in [1.54, 1.807) is 72.8 Å². The molecule has 0 saturated heterocycles. The summed E-state index contributed by atoms with van der Waals surface area (Å²) in [6.07, 6.45) is 3.06. The van der Waals surface area contributed by atoms with Gasteiger partial charge in [0.2, 0.25) is 0 Å².